The number of nitrogens with zero attached hydrogens (tertiary/aromatic N) is 1. The summed E-state index contributed by atoms with van der Waals surface area (Å²) in [5.41, 5.74) is 0.498. The van der Waals surface area contributed by atoms with Crippen molar-refractivity contribution < 1.29 is 14.3 Å². The minimum Gasteiger partial charge on any atom is -0.465 e. The van der Waals surface area contributed by atoms with Gasteiger partial charge in [0.2, 0.25) is 3.79 Å². The van der Waals surface area contributed by atoms with Crippen LogP contribution in [0.25, 0.3) is 0 Å². The summed E-state index contributed by atoms with van der Waals surface area (Å²) in [6, 6.07) is 6.13. The van der Waals surface area contributed by atoms with Crippen LogP contribution in [-0.2, 0) is 9.53 Å². The minimum absolute atomic E-state index is 0.0544. The zero-order valence-corrected chi connectivity index (χ0v) is 16.7. The Labute approximate surface area is 164 Å². The highest BCUT2D eigenvalue weighted by Gasteiger charge is 2.39. The smallest absolute Gasteiger partial charge is 0.322 e. The highest BCUT2D eigenvalue weighted by molar-refractivity contribution is 8.00. The number of carbonyl (C=O) groups excluding carboxylic acids is 2. The van der Waals surface area contributed by atoms with Gasteiger partial charge >= 0.3 is 12.0 Å². The zero-order chi connectivity index (χ0) is 18.3. The number of rotatable bonds is 6. The van der Waals surface area contributed by atoms with E-state index in [1.165, 1.54) is 11.9 Å². The Morgan fingerprint density at radius 1 is 1.38 bits per heavy atom. The summed E-state index contributed by atoms with van der Waals surface area (Å²) in [6.07, 6.45) is 0. The second kappa shape index (κ2) is 9.82. The summed E-state index contributed by atoms with van der Waals surface area (Å²) >= 11 is 24.7. The summed E-state index contributed by atoms with van der Waals surface area (Å²) in [6.45, 7) is 1.95. The first-order valence-corrected chi connectivity index (χ1v) is 9.34. The van der Waals surface area contributed by atoms with E-state index in [1.807, 2.05) is 0 Å². The Kier molecular flexibility index (Phi) is 8.81. The van der Waals surface area contributed by atoms with Gasteiger partial charge in [-0.15, -0.1) is 11.8 Å². The van der Waals surface area contributed by atoms with Crippen molar-refractivity contribution in [1.82, 2.24) is 4.90 Å². The molecule has 2 amide bonds. The van der Waals surface area contributed by atoms with Crippen molar-refractivity contribution in [2.24, 2.45) is 0 Å². The molecule has 0 saturated carbocycles. The number of urea groups is 1. The zero-order valence-electron chi connectivity index (χ0n) is 12.9. The number of nitrogens with one attached hydrogen (secondary N) is 1. The maximum Gasteiger partial charge on any atom is 0.322 e. The van der Waals surface area contributed by atoms with Crippen LogP contribution in [0.15, 0.2) is 24.3 Å². The van der Waals surface area contributed by atoms with Crippen molar-refractivity contribution in [1.29, 1.82) is 0 Å². The highest BCUT2D eigenvalue weighted by Crippen LogP contribution is 2.39. The molecule has 1 aromatic carbocycles. The van der Waals surface area contributed by atoms with Crippen molar-refractivity contribution in [3.63, 3.8) is 0 Å². The summed E-state index contributed by atoms with van der Waals surface area (Å²) in [7, 11) is 1.46. The lowest BCUT2D eigenvalue weighted by molar-refractivity contribution is -0.139. The first kappa shape index (κ1) is 21.5. The summed E-state index contributed by atoms with van der Waals surface area (Å²) in [4.78, 5) is 25.0. The first-order valence-electron chi connectivity index (χ1n) is 6.78. The monoisotopic (exact) mass is 432 g/mol. The molecule has 1 rings (SSSR count). The number of amides is 2. The number of carbonyl (C=O) groups is 2. The van der Waals surface area contributed by atoms with Gasteiger partial charge in [0.15, 0.2) is 0 Å². The van der Waals surface area contributed by atoms with Crippen molar-refractivity contribution in [3.05, 3.63) is 29.3 Å². The van der Waals surface area contributed by atoms with Crippen LogP contribution in [-0.4, -0.2) is 45.5 Å². The predicted octanol–water partition coefficient (Wildman–Crippen LogP) is 4.80. The van der Waals surface area contributed by atoms with Crippen LogP contribution >= 0.6 is 58.2 Å². The lowest BCUT2D eigenvalue weighted by atomic mass is 10.3. The van der Waals surface area contributed by atoms with E-state index in [4.69, 9.17) is 51.1 Å². The molecule has 0 radical (unpaired) electrons. The van der Waals surface area contributed by atoms with Crippen LogP contribution in [0.1, 0.15) is 6.92 Å². The Morgan fingerprint density at radius 3 is 2.58 bits per heavy atom. The molecule has 1 aromatic rings. The molecule has 10 heteroatoms. The second-order valence-corrected chi connectivity index (χ2v) is 8.44. The fourth-order valence-corrected chi connectivity index (χ4v) is 3.74. The van der Waals surface area contributed by atoms with Crippen LogP contribution < -0.4 is 5.32 Å². The SMILES string of the molecule is CCOC(=O)CSC(N(C)C(=O)Nc1cccc(Cl)c1)C(Cl)(Cl)Cl. The molecular weight excluding hydrogens is 418 g/mol. The first-order chi connectivity index (χ1) is 11.1. The third kappa shape index (κ3) is 7.15. The van der Waals surface area contributed by atoms with Gasteiger partial charge in [-0.05, 0) is 25.1 Å². The van der Waals surface area contributed by atoms with E-state index in [1.54, 1.807) is 31.2 Å². The Hall–Kier alpha value is -0.530. The van der Waals surface area contributed by atoms with Gasteiger partial charge in [-0.1, -0.05) is 52.5 Å². The number of anilines is 1. The van der Waals surface area contributed by atoms with Crippen LogP contribution in [0.3, 0.4) is 0 Å². The number of thioether (sulfide) groups is 1. The van der Waals surface area contributed by atoms with E-state index in [2.05, 4.69) is 5.32 Å². The fourth-order valence-electron chi connectivity index (χ4n) is 1.66. The number of benzene rings is 1. The summed E-state index contributed by atoms with van der Waals surface area (Å²) < 4.78 is 3.04. The minimum atomic E-state index is -1.79. The van der Waals surface area contributed by atoms with E-state index in [-0.39, 0.29) is 12.4 Å². The molecule has 0 spiro atoms. The lowest BCUT2D eigenvalue weighted by Gasteiger charge is -2.32. The Balaban J connectivity index is 2.77. The predicted molar refractivity (Wildman–Crippen MR) is 101 cm³/mol. The number of hydrogen-bond acceptors (Lipinski definition) is 4. The molecule has 134 valence electrons. The number of ether oxygens (including phenoxy) is 1. The van der Waals surface area contributed by atoms with Gasteiger partial charge in [0, 0.05) is 17.8 Å². The van der Waals surface area contributed by atoms with Gasteiger partial charge in [-0.3, -0.25) is 4.79 Å². The van der Waals surface area contributed by atoms with Crippen molar-refractivity contribution in [2.45, 2.75) is 16.1 Å². The molecule has 0 saturated heterocycles. The van der Waals surface area contributed by atoms with Crippen LogP contribution in [0, 0.1) is 0 Å². The molecule has 0 aliphatic carbocycles. The fraction of sp³-hybridized carbons (Fsp3) is 0.429. The van der Waals surface area contributed by atoms with E-state index in [0.717, 1.165) is 11.8 Å². The van der Waals surface area contributed by atoms with E-state index < -0.39 is 21.2 Å². The normalized spacial score (nSPS) is 12.4. The maximum absolute atomic E-state index is 12.3. The van der Waals surface area contributed by atoms with Gasteiger partial charge in [0.1, 0.15) is 5.37 Å². The molecule has 1 N–H and O–H groups in total. The average molecular weight is 434 g/mol. The molecule has 0 aromatic heterocycles. The third-order valence-electron chi connectivity index (χ3n) is 2.69. The molecule has 1 unspecified atom stereocenters. The van der Waals surface area contributed by atoms with Crippen molar-refractivity contribution >= 4 is 75.9 Å². The van der Waals surface area contributed by atoms with E-state index in [9.17, 15) is 9.59 Å². The second-order valence-electron chi connectivity index (χ2n) is 4.56. The Bertz CT molecular complexity index is 583. The van der Waals surface area contributed by atoms with E-state index in [0.29, 0.717) is 10.7 Å². The topological polar surface area (TPSA) is 58.6 Å². The number of esters is 1. The third-order valence-corrected chi connectivity index (χ3v) is 5.32. The number of alkyl halides is 3. The quantitative estimate of drug-likeness (QED) is 0.397. The molecule has 0 fully saturated rings. The molecule has 0 aliphatic heterocycles. The molecule has 0 aliphatic rings. The standard InChI is InChI=1S/C14H16Cl4N2O3S/c1-3-23-11(21)8-24-12(14(16,17)18)20(2)13(22)19-10-6-4-5-9(15)7-10/h4-7,12H,3,8H2,1-2H3,(H,19,22). The number of halogens is 4. The molecular formula is C14H16Cl4N2O3S. The molecule has 0 heterocycles. The molecule has 24 heavy (non-hydrogen) atoms. The van der Waals surface area contributed by atoms with E-state index >= 15 is 0 Å². The summed E-state index contributed by atoms with van der Waals surface area (Å²) in [5.74, 6) is -0.508. The highest BCUT2D eigenvalue weighted by atomic mass is 35.6. The largest absolute Gasteiger partial charge is 0.465 e. The van der Waals surface area contributed by atoms with Gasteiger partial charge in [0.05, 0.1) is 12.4 Å². The number of hydrogen-bond donors (Lipinski definition) is 1. The molecule has 1 atom stereocenters. The van der Waals surface area contributed by atoms with Crippen molar-refractivity contribution in [3.8, 4) is 0 Å². The van der Waals surface area contributed by atoms with Gasteiger partial charge < -0.3 is 15.0 Å². The molecule has 0 bridgehead atoms. The van der Waals surface area contributed by atoms with Crippen LogP contribution in [0.4, 0.5) is 10.5 Å². The van der Waals surface area contributed by atoms with Crippen molar-refractivity contribution in [2.75, 3.05) is 24.7 Å². The molecule has 5 nitrogen and oxygen atoms in total. The maximum atomic E-state index is 12.3. The Morgan fingerprint density at radius 2 is 2.04 bits per heavy atom. The summed E-state index contributed by atoms with van der Waals surface area (Å²) in [5, 5.41) is 2.22. The van der Waals surface area contributed by atoms with Crippen LogP contribution in [0.5, 0.6) is 0 Å². The van der Waals surface area contributed by atoms with Gasteiger partial charge in [-0.25, -0.2) is 4.79 Å². The van der Waals surface area contributed by atoms with Crippen LogP contribution in [0.2, 0.25) is 5.02 Å². The lowest BCUT2D eigenvalue weighted by Crippen LogP contribution is -2.45. The van der Waals surface area contributed by atoms with Gasteiger partial charge in [0.25, 0.3) is 0 Å². The average Bonchev–Trinajstić information content (AvgIpc) is 2.46. The van der Waals surface area contributed by atoms with Gasteiger partial charge in [-0.2, -0.15) is 0 Å².